The lowest BCUT2D eigenvalue weighted by atomic mass is 10.3. The van der Waals surface area contributed by atoms with Crippen LogP contribution in [0.5, 0.6) is 0 Å². The number of aliphatic hydroxyl groups excluding tert-OH is 1. The first-order chi connectivity index (χ1) is 5.29. The van der Waals surface area contributed by atoms with Crippen LogP contribution in [0.15, 0.2) is 6.33 Å². The van der Waals surface area contributed by atoms with E-state index in [0.717, 1.165) is 18.7 Å². The number of H-pyrrole nitrogens is 1. The van der Waals surface area contributed by atoms with Crippen molar-refractivity contribution in [3.8, 4) is 0 Å². The Kier molecular flexibility index (Phi) is 2.65. The summed E-state index contributed by atoms with van der Waals surface area (Å²) in [4.78, 5) is 3.13. The number of hydrogen-bond donors (Lipinski definition) is 2. The Bertz CT molecular complexity index is 230. The minimum atomic E-state index is 0.213. The Labute approximate surface area is 66.7 Å². The van der Waals surface area contributed by atoms with Gasteiger partial charge in [-0.05, 0) is 6.92 Å². The molecule has 0 aromatic carbocycles. The molecule has 0 aliphatic carbocycles. The molecule has 1 aromatic rings. The number of imidazole rings is 1. The number of aromatic nitrogens is 2. The van der Waals surface area contributed by atoms with Crippen LogP contribution in [0, 0.1) is 6.92 Å². The number of nitrogens with zero attached hydrogens (tertiary/aromatic N) is 1. The maximum Gasteiger partial charge on any atom is 0.241 e. The van der Waals surface area contributed by atoms with E-state index in [4.69, 9.17) is 5.11 Å². The van der Waals surface area contributed by atoms with Crippen LogP contribution in [0.1, 0.15) is 18.3 Å². The average molecular weight is 155 g/mol. The molecule has 0 bridgehead atoms. The number of rotatable bonds is 3. The van der Waals surface area contributed by atoms with E-state index in [1.54, 1.807) is 0 Å². The van der Waals surface area contributed by atoms with Crippen molar-refractivity contribution < 1.29 is 9.67 Å². The molecule has 0 saturated carbocycles. The van der Waals surface area contributed by atoms with Gasteiger partial charge in [0, 0.05) is 13.3 Å². The highest BCUT2D eigenvalue weighted by Crippen LogP contribution is 1.98. The molecule has 62 valence electrons. The predicted molar refractivity (Wildman–Crippen MR) is 42.2 cm³/mol. The number of aromatic amines is 1. The molecule has 0 amide bonds. The fraction of sp³-hybridized carbons (Fsp3) is 0.625. The van der Waals surface area contributed by atoms with E-state index in [1.165, 1.54) is 5.69 Å². The number of hydrogen-bond acceptors (Lipinski definition) is 1. The van der Waals surface area contributed by atoms with Gasteiger partial charge < -0.3 is 5.11 Å². The summed E-state index contributed by atoms with van der Waals surface area (Å²) in [6, 6.07) is 0. The second-order valence-electron chi connectivity index (χ2n) is 2.60. The van der Waals surface area contributed by atoms with Crippen LogP contribution in [0.25, 0.3) is 0 Å². The summed E-state index contributed by atoms with van der Waals surface area (Å²) >= 11 is 0. The molecule has 0 atom stereocenters. The molecule has 3 heteroatoms. The van der Waals surface area contributed by atoms with Crippen LogP contribution >= 0.6 is 0 Å². The summed E-state index contributed by atoms with van der Waals surface area (Å²) in [7, 11) is 0. The van der Waals surface area contributed by atoms with Crippen molar-refractivity contribution in [2.24, 2.45) is 0 Å². The van der Waals surface area contributed by atoms with Crippen LogP contribution in [-0.2, 0) is 13.0 Å². The van der Waals surface area contributed by atoms with Gasteiger partial charge >= 0.3 is 0 Å². The Balaban J connectivity index is 2.82. The van der Waals surface area contributed by atoms with E-state index >= 15 is 0 Å². The van der Waals surface area contributed by atoms with Crippen molar-refractivity contribution in [1.82, 2.24) is 4.98 Å². The molecule has 0 spiro atoms. The SMILES string of the molecule is CC[n+]1c[nH]c(CCO)c1C. The third-order valence-corrected chi connectivity index (χ3v) is 1.96. The number of aliphatic hydroxyl groups is 1. The zero-order valence-electron chi connectivity index (χ0n) is 7.09. The summed E-state index contributed by atoms with van der Waals surface area (Å²) < 4.78 is 2.13. The third-order valence-electron chi connectivity index (χ3n) is 1.96. The third kappa shape index (κ3) is 1.60. The van der Waals surface area contributed by atoms with Crippen molar-refractivity contribution in [1.29, 1.82) is 0 Å². The van der Waals surface area contributed by atoms with Gasteiger partial charge in [0.2, 0.25) is 6.33 Å². The van der Waals surface area contributed by atoms with E-state index in [9.17, 15) is 0 Å². The van der Waals surface area contributed by atoms with E-state index in [0.29, 0.717) is 0 Å². The molecule has 0 fully saturated rings. The normalized spacial score (nSPS) is 10.5. The molecule has 0 unspecified atom stereocenters. The predicted octanol–water partition coefficient (Wildman–Crippen LogP) is 0.165. The lowest BCUT2D eigenvalue weighted by molar-refractivity contribution is -0.698. The second kappa shape index (κ2) is 3.53. The molecule has 0 aliphatic heterocycles. The Morgan fingerprint density at radius 2 is 2.36 bits per heavy atom. The zero-order valence-corrected chi connectivity index (χ0v) is 7.09. The molecule has 3 nitrogen and oxygen atoms in total. The van der Waals surface area contributed by atoms with Crippen LogP contribution in [0.2, 0.25) is 0 Å². The quantitative estimate of drug-likeness (QED) is 0.600. The van der Waals surface area contributed by atoms with Crippen LogP contribution in [0.3, 0.4) is 0 Å². The zero-order chi connectivity index (χ0) is 8.27. The summed E-state index contributed by atoms with van der Waals surface area (Å²) in [6.07, 6.45) is 2.67. The maximum absolute atomic E-state index is 8.70. The van der Waals surface area contributed by atoms with Gasteiger partial charge in [-0.25, -0.2) is 9.55 Å². The van der Waals surface area contributed by atoms with Gasteiger partial charge in [0.1, 0.15) is 11.4 Å². The van der Waals surface area contributed by atoms with Gasteiger partial charge in [0.25, 0.3) is 0 Å². The Hall–Kier alpha value is -0.830. The van der Waals surface area contributed by atoms with Gasteiger partial charge in [0.15, 0.2) is 0 Å². The molecule has 1 heterocycles. The summed E-state index contributed by atoms with van der Waals surface area (Å²) in [5.41, 5.74) is 2.36. The molecule has 1 rings (SSSR count). The van der Waals surface area contributed by atoms with Crippen molar-refractivity contribution in [2.75, 3.05) is 6.61 Å². The van der Waals surface area contributed by atoms with Crippen molar-refractivity contribution in [3.63, 3.8) is 0 Å². The summed E-state index contributed by atoms with van der Waals surface area (Å²) in [6.45, 7) is 5.35. The minimum absolute atomic E-state index is 0.213. The van der Waals surface area contributed by atoms with E-state index < -0.39 is 0 Å². The summed E-state index contributed by atoms with van der Waals surface area (Å²) in [5.74, 6) is 0. The topological polar surface area (TPSA) is 39.9 Å². The van der Waals surface area contributed by atoms with Crippen molar-refractivity contribution in [3.05, 3.63) is 17.7 Å². The highest BCUT2D eigenvalue weighted by molar-refractivity contribution is 5.02. The molecule has 11 heavy (non-hydrogen) atoms. The van der Waals surface area contributed by atoms with Crippen molar-refractivity contribution in [2.45, 2.75) is 26.8 Å². The van der Waals surface area contributed by atoms with E-state index in [2.05, 4.69) is 23.4 Å². The molecule has 1 aromatic heterocycles. The molecule has 2 N–H and O–H groups in total. The fourth-order valence-corrected chi connectivity index (χ4v) is 1.22. The lowest BCUT2D eigenvalue weighted by Gasteiger charge is -1.92. The largest absolute Gasteiger partial charge is 0.396 e. The molecule has 0 saturated heterocycles. The number of nitrogens with one attached hydrogen (secondary N) is 1. The maximum atomic E-state index is 8.70. The summed E-state index contributed by atoms with van der Waals surface area (Å²) in [5, 5.41) is 8.70. The van der Waals surface area contributed by atoms with Gasteiger partial charge in [-0.15, -0.1) is 0 Å². The first kappa shape index (κ1) is 8.27. The Morgan fingerprint density at radius 1 is 1.64 bits per heavy atom. The first-order valence-corrected chi connectivity index (χ1v) is 3.96. The molecular weight excluding hydrogens is 140 g/mol. The Morgan fingerprint density at radius 3 is 2.82 bits per heavy atom. The van der Waals surface area contributed by atoms with Gasteiger partial charge in [0.05, 0.1) is 13.2 Å². The van der Waals surface area contributed by atoms with Crippen molar-refractivity contribution >= 4 is 0 Å². The molecule has 0 aliphatic rings. The van der Waals surface area contributed by atoms with E-state index in [1.807, 2.05) is 6.33 Å². The number of aryl methyl sites for hydroxylation is 1. The van der Waals surface area contributed by atoms with Crippen LogP contribution in [0.4, 0.5) is 0 Å². The van der Waals surface area contributed by atoms with Gasteiger partial charge in [-0.1, -0.05) is 0 Å². The van der Waals surface area contributed by atoms with Gasteiger partial charge in [-0.3, -0.25) is 0 Å². The van der Waals surface area contributed by atoms with Gasteiger partial charge in [-0.2, -0.15) is 0 Å². The van der Waals surface area contributed by atoms with Crippen LogP contribution in [-0.4, -0.2) is 16.7 Å². The smallest absolute Gasteiger partial charge is 0.241 e. The molecule has 0 radical (unpaired) electrons. The second-order valence-corrected chi connectivity index (χ2v) is 2.60. The standard InChI is InChI=1S/C8H14N2O/c1-3-10-6-9-8(4-5-11)7(10)2/h6,11H,3-5H2,1-2H3/p+1. The highest BCUT2D eigenvalue weighted by Gasteiger charge is 2.10. The highest BCUT2D eigenvalue weighted by atomic mass is 16.3. The van der Waals surface area contributed by atoms with Crippen LogP contribution < -0.4 is 4.57 Å². The average Bonchev–Trinajstić information content (AvgIpc) is 2.34. The van der Waals surface area contributed by atoms with E-state index in [-0.39, 0.29) is 6.61 Å². The minimum Gasteiger partial charge on any atom is -0.396 e. The fourth-order valence-electron chi connectivity index (χ4n) is 1.22. The first-order valence-electron chi connectivity index (χ1n) is 3.96. The lowest BCUT2D eigenvalue weighted by Crippen LogP contribution is -2.32. The molecular formula is C8H15N2O+. The monoisotopic (exact) mass is 155 g/mol.